The Kier molecular flexibility index (Phi) is 4.02. The maximum Gasteiger partial charge on any atom is 0.0724 e. The van der Waals surface area contributed by atoms with Gasteiger partial charge in [0, 0.05) is 19.2 Å². The minimum absolute atomic E-state index is 0.457. The summed E-state index contributed by atoms with van der Waals surface area (Å²) in [5.74, 6) is 0. The van der Waals surface area contributed by atoms with Gasteiger partial charge in [0.05, 0.1) is 6.10 Å². The molecule has 1 fully saturated rings. The van der Waals surface area contributed by atoms with Gasteiger partial charge in [0.1, 0.15) is 0 Å². The van der Waals surface area contributed by atoms with E-state index in [4.69, 9.17) is 4.74 Å². The fourth-order valence-corrected chi connectivity index (χ4v) is 1.88. The number of ether oxygens (including phenoxy) is 1. The van der Waals surface area contributed by atoms with Crippen LogP contribution in [0.1, 0.15) is 39.5 Å². The molecule has 0 aliphatic heterocycles. The Labute approximate surface area is 75.7 Å². The van der Waals surface area contributed by atoms with Gasteiger partial charge in [-0.2, -0.15) is 0 Å². The number of hydrogen-bond donors (Lipinski definition) is 1. The molecule has 1 rings (SSSR count). The molecule has 0 heterocycles. The summed E-state index contributed by atoms with van der Waals surface area (Å²) in [6.07, 6.45) is 5.48. The fraction of sp³-hybridized carbons (Fsp3) is 1.00. The molecule has 12 heavy (non-hydrogen) atoms. The highest BCUT2D eigenvalue weighted by Gasteiger charge is 2.27. The largest absolute Gasteiger partial charge is 0.380 e. The smallest absolute Gasteiger partial charge is 0.0724 e. The molecule has 3 atom stereocenters. The first-order valence-corrected chi connectivity index (χ1v) is 5.06. The summed E-state index contributed by atoms with van der Waals surface area (Å²) in [4.78, 5) is 0. The van der Waals surface area contributed by atoms with Gasteiger partial charge in [0.15, 0.2) is 0 Å². The lowest BCUT2D eigenvalue weighted by molar-refractivity contribution is 0.0818. The van der Waals surface area contributed by atoms with Gasteiger partial charge in [0.25, 0.3) is 0 Å². The Balaban J connectivity index is 2.30. The molecular formula is C10H21NO. The zero-order valence-corrected chi connectivity index (χ0v) is 8.47. The third-order valence-electron chi connectivity index (χ3n) is 2.87. The Bertz CT molecular complexity index is 127. The molecule has 0 radical (unpaired) electrons. The van der Waals surface area contributed by atoms with Crippen molar-refractivity contribution in [1.29, 1.82) is 0 Å². The van der Waals surface area contributed by atoms with Gasteiger partial charge in [-0.1, -0.05) is 6.92 Å². The highest BCUT2D eigenvalue weighted by atomic mass is 16.5. The summed E-state index contributed by atoms with van der Waals surface area (Å²) >= 11 is 0. The molecular weight excluding hydrogens is 150 g/mol. The Morgan fingerprint density at radius 3 is 2.83 bits per heavy atom. The van der Waals surface area contributed by atoms with Gasteiger partial charge in [-0.05, 0) is 32.6 Å². The van der Waals surface area contributed by atoms with Crippen LogP contribution in [0.25, 0.3) is 0 Å². The SMILES string of the molecule is CCC(C)NC1CCCC1OC. The van der Waals surface area contributed by atoms with Gasteiger partial charge in [-0.15, -0.1) is 0 Å². The van der Waals surface area contributed by atoms with Crippen molar-refractivity contribution in [2.24, 2.45) is 0 Å². The third kappa shape index (κ3) is 2.46. The van der Waals surface area contributed by atoms with E-state index in [2.05, 4.69) is 19.2 Å². The predicted molar refractivity (Wildman–Crippen MR) is 51.3 cm³/mol. The lowest BCUT2D eigenvalue weighted by Crippen LogP contribution is -2.41. The van der Waals surface area contributed by atoms with E-state index in [0.717, 1.165) is 0 Å². The lowest BCUT2D eigenvalue weighted by Gasteiger charge is -2.23. The van der Waals surface area contributed by atoms with Crippen molar-refractivity contribution in [3.05, 3.63) is 0 Å². The van der Waals surface area contributed by atoms with Gasteiger partial charge < -0.3 is 10.1 Å². The van der Waals surface area contributed by atoms with Crippen LogP contribution in [0.5, 0.6) is 0 Å². The minimum Gasteiger partial charge on any atom is -0.380 e. The predicted octanol–water partition coefficient (Wildman–Crippen LogP) is 1.94. The second-order valence-electron chi connectivity index (χ2n) is 3.79. The molecule has 1 aliphatic carbocycles. The molecule has 0 aromatic rings. The maximum absolute atomic E-state index is 5.41. The molecule has 0 saturated heterocycles. The van der Waals surface area contributed by atoms with Crippen LogP contribution in [0.2, 0.25) is 0 Å². The van der Waals surface area contributed by atoms with E-state index in [1.807, 2.05) is 7.11 Å². The van der Waals surface area contributed by atoms with E-state index in [0.29, 0.717) is 18.2 Å². The van der Waals surface area contributed by atoms with E-state index < -0.39 is 0 Å². The number of nitrogens with one attached hydrogen (secondary N) is 1. The molecule has 0 bridgehead atoms. The van der Waals surface area contributed by atoms with Crippen LogP contribution in [0.15, 0.2) is 0 Å². The van der Waals surface area contributed by atoms with Crippen molar-refractivity contribution in [3.63, 3.8) is 0 Å². The Morgan fingerprint density at radius 1 is 1.50 bits per heavy atom. The maximum atomic E-state index is 5.41. The summed E-state index contributed by atoms with van der Waals surface area (Å²) in [5.41, 5.74) is 0. The lowest BCUT2D eigenvalue weighted by atomic mass is 10.1. The highest BCUT2D eigenvalue weighted by molar-refractivity contribution is 4.85. The summed E-state index contributed by atoms with van der Waals surface area (Å²) < 4.78 is 5.41. The first kappa shape index (κ1) is 10.0. The van der Waals surface area contributed by atoms with Crippen LogP contribution < -0.4 is 5.32 Å². The zero-order chi connectivity index (χ0) is 8.97. The molecule has 1 saturated carbocycles. The van der Waals surface area contributed by atoms with E-state index in [1.165, 1.54) is 25.7 Å². The van der Waals surface area contributed by atoms with Gasteiger partial charge in [-0.3, -0.25) is 0 Å². The topological polar surface area (TPSA) is 21.3 Å². The molecule has 0 aromatic heterocycles. The van der Waals surface area contributed by atoms with Crippen molar-refractivity contribution in [2.45, 2.75) is 57.7 Å². The standard InChI is InChI=1S/C10H21NO/c1-4-8(2)11-9-6-5-7-10(9)12-3/h8-11H,4-7H2,1-3H3. The average molecular weight is 171 g/mol. The molecule has 0 amide bonds. The van der Waals surface area contributed by atoms with Crippen LogP contribution in [0.3, 0.4) is 0 Å². The minimum atomic E-state index is 0.457. The highest BCUT2D eigenvalue weighted by Crippen LogP contribution is 2.21. The first-order valence-electron chi connectivity index (χ1n) is 5.06. The summed E-state index contributed by atoms with van der Waals surface area (Å²) in [6, 6.07) is 1.23. The fourth-order valence-electron chi connectivity index (χ4n) is 1.88. The first-order chi connectivity index (χ1) is 5.77. The molecule has 1 aliphatic rings. The zero-order valence-electron chi connectivity index (χ0n) is 8.47. The summed E-state index contributed by atoms with van der Waals surface area (Å²) in [5, 5.41) is 3.60. The van der Waals surface area contributed by atoms with E-state index in [-0.39, 0.29) is 0 Å². The molecule has 0 aromatic carbocycles. The molecule has 0 spiro atoms. The van der Waals surface area contributed by atoms with Gasteiger partial charge >= 0.3 is 0 Å². The van der Waals surface area contributed by atoms with Crippen LogP contribution in [0.4, 0.5) is 0 Å². The van der Waals surface area contributed by atoms with E-state index in [9.17, 15) is 0 Å². The third-order valence-corrected chi connectivity index (χ3v) is 2.87. The molecule has 2 heteroatoms. The van der Waals surface area contributed by atoms with Crippen molar-refractivity contribution in [2.75, 3.05) is 7.11 Å². The number of hydrogen-bond acceptors (Lipinski definition) is 2. The number of rotatable bonds is 4. The average Bonchev–Trinajstić information content (AvgIpc) is 2.51. The quantitative estimate of drug-likeness (QED) is 0.698. The number of methoxy groups -OCH3 is 1. The van der Waals surface area contributed by atoms with Crippen molar-refractivity contribution in [3.8, 4) is 0 Å². The van der Waals surface area contributed by atoms with Crippen LogP contribution in [0, 0.1) is 0 Å². The summed E-state index contributed by atoms with van der Waals surface area (Å²) in [7, 11) is 1.82. The second-order valence-corrected chi connectivity index (χ2v) is 3.79. The van der Waals surface area contributed by atoms with Gasteiger partial charge in [-0.25, -0.2) is 0 Å². The van der Waals surface area contributed by atoms with Crippen molar-refractivity contribution < 1.29 is 4.74 Å². The molecule has 2 nitrogen and oxygen atoms in total. The summed E-state index contributed by atoms with van der Waals surface area (Å²) in [6.45, 7) is 4.46. The Morgan fingerprint density at radius 2 is 2.25 bits per heavy atom. The van der Waals surface area contributed by atoms with Crippen LogP contribution in [-0.4, -0.2) is 25.3 Å². The van der Waals surface area contributed by atoms with E-state index >= 15 is 0 Å². The normalized spacial score (nSPS) is 32.2. The Hall–Kier alpha value is -0.0800. The van der Waals surface area contributed by atoms with Crippen molar-refractivity contribution >= 4 is 0 Å². The molecule has 1 N–H and O–H groups in total. The van der Waals surface area contributed by atoms with Gasteiger partial charge in [0.2, 0.25) is 0 Å². The van der Waals surface area contributed by atoms with E-state index in [1.54, 1.807) is 0 Å². The monoisotopic (exact) mass is 171 g/mol. The second kappa shape index (κ2) is 4.83. The van der Waals surface area contributed by atoms with Crippen molar-refractivity contribution in [1.82, 2.24) is 5.32 Å². The van der Waals surface area contributed by atoms with Crippen LogP contribution >= 0.6 is 0 Å². The molecule has 3 unspecified atom stereocenters. The van der Waals surface area contributed by atoms with Crippen LogP contribution in [-0.2, 0) is 4.74 Å². The molecule has 72 valence electrons.